The van der Waals surface area contributed by atoms with Crippen molar-refractivity contribution in [3.63, 3.8) is 0 Å². The zero-order valence-electron chi connectivity index (χ0n) is 15.3. The Morgan fingerprint density at radius 2 is 1.88 bits per heavy atom. The van der Waals surface area contributed by atoms with Crippen LogP contribution in [0.25, 0.3) is 0 Å². The predicted octanol–water partition coefficient (Wildman–Crippen LogP) is 2.84. The van der Waals surface area contributed by atoms with Crippen molar-refractivity contribution in [3.05, 3.63) is 37.5 Å². The Bertz CT molecular complexity index is 564. The van der Waals surface area contributed by atoms with Gasteiger partial charge in [0.05, 0.1) is 6.04 Å². The Morgan fingerprint density at radius 1 is 1.23 bits per heavy atom. The third kappa shape index (κ3) is 7.35. The number of rotatable bonds is 8. The molecular formula is C18H26N2O5S. The number of likely N-dealkylation sites (tertiary alicyclic amines) is 1. The van der Waals surface area contributed by atoms with Crippen molar-refractivity contribution < 1.29 is 23.9 Å². The van der Waals surface area contributed by atoms with Gasteiger partial charge in [-0.1, -0.05) is 49.2 Å². The van der Waals surface area contributed by atoms with E-state index in [1.165, 1.54) is 35.7 Å². The van der Waals surface area contributed by atoms with Crippen LogP contribution in [0.3, 0.4) is 0 Å². The van der Waals surface area contributed by atoms with E-state index in [9.17, 15) is 14.4 Å². The van der Waals surface area contributed by atoms with E-state index in [1.54, 1.807) is 18.0 Å². The molecule has 2 amide bonds. The monoisotopic (exact) mass is 382 g/mol. The van der Waals surface area contributed by atoms with E-state index in [1.807, 2.05) is 6.08 Å². The summed E-state index contributed by atoms with van der Waals surface area (Å²) in [5.74, 6) is 0. The van der Waals surface area contributed by atoms with Crippen LogP contribution in [-0.2, 0) is 14.3 Å². The Labute approximate surface area is 158 Å². The summed E-state index contributed by atoms with van der Waals surface area (Å²) in [6.07, 6.45) is 6.42. The van der Waals surface area contributed by atoms with Crippen LogP contribution in [0.5, 0.6) is 0 Å². The second-order valence-electron chi connectivity index (χ2n) is 5.73. The summed E-state index contributed by atoms with van der Waals surface area (Å²) >= 11 is 1.23. The Kier molecular flexibility index (Phi) is 9.57. The summed E-state index contributed by atoms with van der Waals surface area (Å²) in [5.41, 5.74) is 0. The highest BCUT2D eigenvalue weighted by Gasteiger charge is 2.35. The number of nitrogens with zero attached hydrogens (tertiary/aromatic N) is 2. The summed E-state index contributed by atoms with van der Waals surface area (Å²) in [5, 5.41) is 0.0393. The van der Waals surface area contributed by atoms with Crippen LogP contribution >= 0.6 is 11.8 Å². The Balaban J connectivity index is 2.66. The highest BCUT2D eigenvalue weighted by molar-refractivity contribution is 8.14. The van der Waals surface area contributed by atoms with Crippen LogP contribution in [0.2, 0.25) is 0 Å². The maximum absolute atomic E-state index is 12.2. The molecule has 0 unspecified atom stereocenters. The molecular weight excluding hydrogens is 356 g/mol. The molecule has 1 fully saturated rings. The van der Waals surface area contributed by atoms with Gasteiger partial charge in [-0.05, 0) is 6.42 Å². The molecule has 1 saturated heterocycles. The molecule has 8 heteroatoms. The highest BCUT2D eigenvalue weighted by atomic mass is 32.2. The fraction of sp³-hybridized carbons (Fsp3) is 0.500. The molecule has 0 radical (unpaired) electrons. The van der Waals surface area contributed by atoms with E-state index in [2.05, 4.69) is 13.2 Å². The summed E-state index contributed by atoms with van der Waals surface area (Å²) in [7, 11) is 1.62. The summed E-state index contributed by atoms with van der Waals surface area (Å²) in [6, 6.07) is -0.193. The maximum atomic E-state index is 12.2. The quantitative estimate of drug-likeness (QED) is 0.601. The zero-order valence-corrected chi connectivity index (χ0v) is 16.1. The van der Waals surface area contributed by atoms with E-state index in [4.69, 9.17) is 9.47 Å². The Hall–Kier alpha value is -2.22. The van der Waals surface area contributed by atoms with Crippen LogP contribution in [0.15, 0.2) is 37.5 Å². The van der Waals surface area contributed by atoms with Crippen molar-refractivity contribution >= 4 is 29.1 Å². The largest absolute Gasteiger partial charge is 0.445 e. The summed E-state index contributed by atoms with van der Waals surface area (Å²) in [4.78, 5) is 38.2. The molecule has 0 spiro atoms. The lowest BCUT2D eigenvalue weighted by Crippen LogP contribution is -2.35. The van der Waals surface area contributed by atoms with E-state index >= 15 is 0 Å². The first-order valence-corrected chi connectivity index (χ1v) is 9.14. The molecule has 1 aliphatic heterocycles. The number of amides is 2. The molecule has 0 aromatic heterocycles. The fourth-order valence-corrected chi connectivity index (χ4v) is 3.44. The van der Waals surface area contributed by atoms with Gasteiger partial charge in [-0.3, -0.25) is 4.79 Å². The molecule has 1 heterocycles. The van der Waals surface area contributed by atoms with Crippen molar-refractivity contribution in [2.24, 2.45) is 0 Å². The van der Waals surface area contributed by atoms with Crippen molar-refractivity contribution in [2.45, 2.75) is 24.6 Å². The molecule has 144 valence electrons. The standard InChI is InChI=1S/C18H26N2O5S/c1-5-10-24-17(22)19(4)9-7-8-15-12-16(26-14(3)21)13-20(15)18(23)25-11-6-2/h5-8,15-16H,1-2,9-13H2,3-4H3/b8-7+/t15-,16+/m1/s1. The van der Waals surface area contributed by atoms with Crippen molar-refractivity contribution in [1.29, 1.82) is 0 Å². The number of ether oxygens (including phenoxy) is 2. The molecule has 0 bridgehead atoms. The highest BCUT2D eigenvalue weighted by Crippen LogP contribution is 2.29. The first-order valence-electron chi connectivity index (χ1n) is 8.26. The van der Waals surface area contributed by atoms with Crippen molar-refractivity contribution in [1.82, 2.24) is 9.80 Å². The molecule has 1 rings (SSSR count). The maximum Gasteiger partial charge on any atom is 0.410 e. The number of likely N-dealkylation sites (N-methyl/N-ethyl adjacent to an activating group) is 1. The fourth-order valence-electron chi connectivity index (χ4n) is 2.44. The van der Waals surface area contributed by atoms with E-state index in [0.717, 1.165) is 0 Å². The van der Waals surface area contributed by atoms with Gasteiger partial charge in [0.15, 0.2) is 5.12 Å². The number of thioether (sulfide) groups is 1. The van der Waals surface area contributed by atoms with Gasteiger partial charge in [0.25, 0.3) is 0 Å². The molecule has 0 aromatic rings. The molecule has 0 aromatic carbocycles. The lowest BCUT2D eigenvalue weighted by atomic mass is 10.2. The minimum absolute atomic E-state index is 0.0173. The minimum Gasteiger partial charge on any atom is -0.445 e. The number of carbonyl (C=O) groups excluding carboxylic acids is 3. The molecule has 26 heavy (non-hydrogen) atoms. The van der Waals surface area contributed by atoms with Gasteiger partial charge < -0.3 is 19.3 Å². The second kappa shape index (κ2) is 11.4. The van der Waals surface area contributed by atoms with Gasteiger partial charge in [0.1, 0.15) is 13.2 Å². The normalized spacial score (nSPS) is 19.2. The molecule has 0 saturated carbocycles. The van der Waals surface area contributed by atoms with Crippen LogP contribution in [0.1, 0.15) is 13.3 Å². The third-order valence-corrected chi connectivity index (χ3v) is 4.58. The zero-order chi connectivity index (χ0) is 19.5. The number of hydrogen-bond donors (Lipinski definition) is 0. The molecule has 1 aliphatic rings. The van der Waals surface area contributed by atoms with Gasteiger partial charge in [-0.2, -0.15) is 0 Å². The van der Waals surface area contributed by atoms with Gasteiger partial charge >= 0.3 is 12.2 Å². The van der Waals surface area contributed by atoms with Crippen LogP contribution in [-0.4, -0.2) is 71.7 Å². The van der Waals surface area contributed by atoms with Crippen LogP contribution in [0.4, 0.5) is 9.59 Å². The average molecular weight is 382 g/mol. The van der Waals surface area contributed by atoms with Crippen LogP contribution < -0.4 is 0 Å². The summed E-state index contributed by atoms with van der Waals surface area (Å²) in [6.45, 7) is 9.59. The first-order chi connectivity index (χ1) is 12.4. The number of hydrogen-bond acceptors (Lipinski definition) is 6. The lowest BCUT2D eigenvalue weighted by molar-refractivity contribution is -0.109. The first kappa shape index (κ1) is 21.8. The second-order valence-corrected chi connectivity index (χ2v) is 7.20. The Morgan fingerprint density at radius 3 is 2.50 bits per heavy atom. The topological polar surface area (TPSA) is 76.2 Å². The smallest absolute Gasteiger partial charge is 0.410 e. The third-order valence-electron chi connectivity index (χ3n) is 3.57. The van der Waals surface area contributed by atoms with E-state index in [-0.39, 0.29) is 29.6 Å². The lowest BCUT2D eigenvalue weighted by Gasteiger charge is -2.21. The molecule has 0 aliphatic carbocycles. The average Bonchev–Trinajstić information content (AvgIpc) is 2.99. The molecule has 0 N–H and O–H groups in total. The van der Waals surface area contributed by atoms with Gasteiger partial charge in [-0.25, -0.2) is 9.59 Å². The predicted molar refractivity (Wildman–Crippen MR) is 102 cm³/mol. The van der Waals surface area contributed by atoms with E-state index < -0.39 is 12.2 Å². The van der Waals surface area contributed by atoms with Gasteiger partial charge in [-0.15, -0.1) is 0 Å². The SMILES string of the molecule is C=CCOC(=O)N(C)C/C=C/[C@@H]1C[C@H](SC(C)=O)CN1C(=O)OCC=C. The minimum atomic E-state index is -0.451. The number of carbonyl (C=O) groups is 3. The van der Waals surface area contributed by atoms with Gasteiger partial charge in [0.2, 0.25) is 0 Å². The van der Waals surface area contributed by atoms with Crippen molar-refractivity contribution in [3.8, 4) is 0 Å². The van der Waals surface area contributed by atoms with Gasteiger partial charge in [0, 0.05) is 32.3 Å². The van der Waals surface area contributed by atoms with Crippen molar-refractivity contribution in [2.75, 3.05) is 33.4 Å². The molecule has 7 nitrogen and oxygen atoms in total. The molecule has 2 atom stereocenters. The van der Waals surface area contributed by atoms with E-state index in [0.29, 0.717) is 19.5 Å². The van der Waals surface area contributed by atoms with Crippen LogP contribution in [0, 0.1) is 0 Å². The summed E-state index contributed by atoms with van der Waals surface area (Å²) < 4.78 is 10.1.